The molecule has 0 spiro atoms. The van der Waals surface area contributed by atoms with Crippen molar-refractivity contribution in [2.24, 2.45) is 0 Å². The van der Waals surface area contributed by atoms with Crippen molar-refractivity contribution < 1.29 is 14.9 Å². The Hall–Kier alpha value is -1.88. The van der Waals surface area contributed by atoms with E-state index >= 15 is 0 Å². The van der Waals surface area contributed by atoms with Crippen LogP contribution >= 0.6 is 0 Å². The van der Waals surface area contributed by atoms with E-state index in [4.69, 9.17) is 4.74 Å². The number of ether oxygens (including phenoxy) is 1. The maximum absolute atomic E-state index is 10.00. The molecule has 0 aliphatic rings. The fourth-order valence-electron chi connectivity index (χ4n) is 2.21. The summed E-state index contributed by atoms with van der Waals surface area (Å²) in [5.41, 5.74) is 2.04. The minimum Gasteiger partial charge on any atom is -0.497 e. The van der Waals surface area contributed by atoms with Crippen LogP contribution in [0.3, 0.4) is 0 Å². The van der Waals surface area contributed by atoms with Crippen LogP contribution in [0.2, 0.25) is 0 Å². The molecule has 0 unspecified atom stereocenters. The topological polar surface area (TPSA) is 61.7 Å². The molecule has 0 saturated carbocycles. The van der Waals surface area contributed by atoms with Gasteiger partial charge >= 0.3 is 0 Å². The monoisotopic (exact) mass is 287 g/mol. The van der Waals surface area contributed by atoms with Gasteiger partial charge in [0.1, 0.15) is 5.75 Å². The largest absolute Gasteiger partial charge is 0.497 e. The summed E-state index contributed by atoms with van der Waals surface area (Å²) in [6.07, 6.45) is -0.842. The first-order valence-corrected chi connectivity index (χ1v) is 6.94. The summed E-state index contributed by atoms with van der Waals surface area (Å²) in [6.45, 7) is 0.315. The number of hydrogen-bond acceptors (Lipinski definition) is 4. The van der Waals surface area contributed by atoms with E-state index in [0.717, 1.165) is 16.9 Å². The Bertz CT molecular complexity index is 527. The Balaban J connectivity index is 2.05. The zero-order chi connectivity index (χ0) is 15.1. The summed E-state index contributed by atoms with van der Waals surface area (Å²) in [5, 5.41) is 22.5. The Labute approximate surface area is 125 Å². The summed E-state index contributed by atoms with van der Waals surface area (Å²) < 4.78 is 5.13. The third kappa shape index (κ3) is 4.29. The minimum absolute atomic E-state index is 0.283. The molecule has 21 heavy (non-hydrogen) atoms. The first-order chi connectivity index (χ1) is 10.2. The van der Waals surface area contributed by atoms with Crippen molar-refractivity contribution in [1.82, 2.24) is 5.32 Å². The van der Waals surface area contributed by atoms with Gasteiger partial charge in [0.05, 0.1) is 25.9 Å². The third-order valence-corrected chi connectivity index (χ3v) is 3.42. The maximum Gasteiger partial charge on any atom is 0.118 e. The predicted octanol–water partition coefficient (Wildman–Crippen LogP) is 1.88. The Morgan fingerprint density at radius 2 is 1.71 bits per heavy atom. The van der Waals surface area contributed by atoms with Gasteiger partial charge in [-0.25, -0.2) is 0 Å². The molecule has 0 fully saturated rings. The molecule has 0 saturated heterocycles. The van der Waals surface area contributed by atoms with Gasteiger partial charge in [-0.2, -0.15) is 0 Å². The number of nitrogens with one attached hydrogen (secondary N) is 1. The normalized spacial score (nSPS) is 13.7. The van der Waals surface area contributed by atoms with Gasteiger partial charge in [-0.15, -0.1) is 0 Å². The zero-order valence-electron chi connectivity index (χ0n) is 12.1. The van der Waals surface area contributed by atoms with Gasteiger partial charge in [0.25, 0.3) is 0 Å². The van der Waals surface area contributed by atoms with E-state index in [9.17, 15) is 10.2 Å². The SMILES string of the molecule is COc1ccc(CN[C@H](c2ccccc2)[C@@H](O)CO)cc1. The van der Waals surface area contributed by atoms with Crippen molar-refractivity contribution in [3.05, 3.63) is 65.7 Å². The molecule has 0 aliphatic carbocycles. The van der Waals surface area contributed by atoms with Gasteiger partial charge in [0.2, 0.25) is 0 Å². The highest BCUT2D eigenvalue weighted by Crippen LogP contribution is 2.18. The summed E-state index contributed by atoms with van der Waals surface area (Å²) in [5.74, 6) is 0.814. The number of benzene rings is 2. The van der Waals surface area contributed by atoms with Crippen LogP contribution in [0.5, 0.6) is 5.75 Å². The second-order valence-electron chi connectivity index (χ2n) is 4.87. The van der Waals surface area contributed by atoms with Gasteiger partial charge in [-0.3, -0.25) is 0 Å². The minimum atomic E-state index is -0.842. The molecule has 0 aliphatic heterocycles. The van der Waals surface area contributed by atoms with E-state index < -0.39 is 6.10 Å². The average Bonchev–Trinajstić information content (AvgIpc) is 2.56. The molecule has 2 atom stereocenters. The lowest BCUT2D eigenvalue weighted by Crippen LogP contribution is -2.34. The molecule has 112 valence electrons. The van der Waals surface area contributed by atoms with Crippen molar-refractivity contribution in [3.63, 3.8) is 0 Å². The predicted molar refractivity (Wildman–Crippen MR) is 82.1 cm³/mol. The Kier molecular flexibility index (Phi) is 5.75. The first kappa shape index (κ1) is 15.5. The average molecular weight is 287 g/mol. The van der Waals surface area contributed by atoms with Crippen molar-refractivity contribution in [1.29, 1.82) is 0 Å². The summed E-state index contributed by atoms with van der Waals surface area (Å²) in [4.78, 5) is 0. The third-order valence-electron chi connectivity index (χ3n) is 3.42. The molecule has 3 N–H and O–H groups in total. The van der Waals surface area contributed by atoms with Crippen molar-refractivity contribution in [2.75, 3.05) is 13.7 Å². The van der Waals surface area contributed by atoms with Crippen LogP contribution in [-0.2, 0) is 6.54 Å². The zero-order valence-corrected chi connectivity index (χ0v) is 12.1. The second kappa shape index (κ2) is 7.78. The molecule has 2 rings (SSSR count). The van der Waals surface area contributed by atoms with Crippen LogP contribution in [0.15, 0.2) is 54.6 Å². The lowest BCUT2D eigenvalue weighted by molar-refractivity contribution is 0.0618. The van der Waals surface area contributed by atoms with E-state index in [-0.39, 0.29) is 12.6 Å². The molecular formula is C17H21NO3. The maximum atomic E-state index is 10.00. The van der Waals surface area contributed by atoms with Crippen molar-refractivity contribution in [3.8, 4) is 5.75 Å². The van der Waals surface area contributed by atoms with Gasteiger partial charge in [0, 0.05) is 6.54 Å². The van der Waals surface area contributed by atoms with Crippen LogP contribution in [-0.4, -0.2) is 30.0 Å². The summed E-state index contributed by atoms with van der Waals surface area (Å²) in [6, 6.07) is 17.1. The highest BCUT2D eigenvalue weighted by molar-refractivity contribution is 5.27. The highest BCUT2D eigenvalue weighted by atomic mass is 16.5. The second-order valence-corrected chi connectivity index (χ2v) is 4.87. The van der Waals surface area contributed by atoms with Crippen molar-refractivity contribution in [2.45, 2.75) is 18.7 Å². The first-order valence-electron chi connectivity index (χ1n) is 6.94. The van der Waals surface area contributed by atoms with E-state index in [0.29, 0.717) is 6.54 Å². The molecule has 2 aromatic rings. The molecule has 4 nitrogen and oxygen atoms in total. The standard InChI is InChI=1S/C17H21NO3/c1-21-15-9-7-13(8-10-15)11-18-17(16(20)12-19)14-5-3-2-4-6-14/h2-10,16-20H,11-12H2,1H3/t16-,17+/m0/s1. The molecule has 0 heterocycles. The van der Waals surface area contributed by atoms with Gasteiger partial charge < -0.3 is 20.3 Å². The van der Waals surface area contributed by atoms with Gasteiger partial charge in [-0.05, 0) is 23.3 Å². The van der Waals surface area contributed by atoms with E-state index in [2.05, 4.69) is 5.32 Å². The number of methoxy groups -OCH3 is 1. The van der Waals surface area contributed by atoms with Gasteiger partial charge in [-0.1, -0.05) is 42.5 Å². The molecule has 0 aromatic heterocycles. The highest BCUT2D eigenvalue weighted by Gasteiger charge is 2.19. The van der Waals surface area contributed by atoms with Crippen molar-refractivity contribution >= 4 is 0 Å². The Morgan fingerprint density at radius 1 is 1.05 bits per heavy atom. The molecular weight excluding hydrogens is 266 g/mol. The molecule has 0 bridgehead atoms. The number of rotatable bonds is 7. The van der Waals surface area contributed by atoms with E-state index in [1.54, 1.807) is 7.11 Å². The molecule has 4 heteroatoms. The summed E-state index contributed by atoms with van der Waals surface area (Å²) in [7, 11) is 1.64. The van der Waals surface area contributed by atoms with Gasteiger partial charge in [0.15, 0.2) is 0 Å². The number of aliphatic hydroxyl groups is 2. The van der Waals surface area contributed by atoms with Crippen LogP contribution in [0.4, 0.5) is 0 Å². The van der Waals surface area contributed by atoms with E-state index in [1.165, 1.54) is 0 Å². The fourth-order valence-corrected chi connectivity index (χ4v) is 2.21. The lowest BCUT2D eigenvalue weighted by Gasteiger charge is -2.23. The molecule has 0 radical (unpaired) electrons. The fraction of sp³-hybridized carbons (Fsp3) is 0.294. The molecule has 0 amide bonds. The number of hydrogen-bond donors (Lipinski definition) is 3. The smallest absolute Gasteiger partial charge is 0.118 e. The van der Waals surface area contributed by atoms with Crippen LogP contribution in [0.25, 0.3) is 0 Å². The summed E-state index contributed by atoms with van der Waals surface area (Å²) >= 11 is 0. The molecule has 2 aromatic carbocycles. The number of aliphatic hydroxyl groups excluding tert-OH is 2. The lowest BCUT2D eigenvalue weighted by atomic mass is 10.0. The quantitative estimate of drug-likeness (QED) is 0.727. The van der Waals surface area contributed by atoms with Crippen LogP contribution in [0.1, 0.15) is 17.2 Å². The van der Waals surface area contributed by atoms with E-state index in [1.807, 2.05) is 54.6 Å². The van der Waals surface area contributed by atoms with Crippen LogP contribution in [0, 0.1) is 0 Å². The Morgan fingerprint density at radius 3 is 2.29 bits per heavy atom. The van der Waals surface area contributed by atoms with Crippen LogP contribution < -0.4 is 10.1 Å².